The lowest BCUT2D eigenvalue weighted by Gasteiger charge is -1.96. The number of rotatable bonds is 1. The molecule has 2 heterocycles. The van der Waals surface area contributed by atoms with Crippen LogP contribution in [-0.4, -0.2) is 12.1 Å². The minimum Gasteiger partial charge on any atom is -0.481 e. The number of fused-ring (bicyclic) bond motifs is 1. The first kappa shape index (κ1) is 7.36. The topological polar surface area (TPSA) is 48.1 Å². The van der Waals surface area contributed by atoms with E-state index >= 15 is 0 Å². The maximum absolute atomic E-state index is 5.70. The molecule has 2 aromatic rings. The first-order valence-electron chi connectivity index (χ1n) is 3.49. The Morgan fingerprint density at radius 3 is 3.08 bits per heavy atom. The van der Waals surface area contributed by atoms with Crippen LogP contribution in [0.15, 0.2) is 17.5 Å². The van der Waals surface area contributed by atoms with Crippen LogP contribution in [0.5, 0.6) is 5.88 Å². The Labute approximate surface area is 73.8 Å². The van der Waals surface area contributed by atoms with Crippen LogP contribution in [0, 0.1) is 0 Å². The van der Waals surface area contributed by atoms with Gasteiger partial charge < -0.3 is 10.5 Å². The van der Waals surface area contributed by atoms with E-state index in [9.17, 15) is 0 Å². The lowest BCUT2D eigenvalue weighted by atomic mass is 10.3. The fraction of sp³-hybridized carbons (Fsp3) is 0.125. The predicted octanol–water partition coefficient (Wildman–Crippen LogP) is 1.89. The van der Waals surface area contributed by atoms with Crippen LogP contribution >= 0.6 is 11.3 Å². The van der Waals surface area contributed by atoms with E-state index in [1.807, 2.05) is 17.5 Å². The standard InChI is InChI=1S/C8H8N2OS/c1-11-7-3-2-5-6(9)4-12-8(5)10-7/h2-4H,9H2,1H3. The number of methoxy groups -OCH3 is 1. The average Bonchev–Trinajstić information content (AvgIpc) is 2.47. The average molecular weight is 180 g/mol. The third-order valence-corrected chi connectivity index (χ3v) is 2.56. The summed E-state index contributed by atoms with van der Waals surface area (Å²) in [6, 6.07) is 3.73. The van der Waals surface area contributed by atoms with E-state index in [1.165, 1.54) is 11.3 Å². The molecule has 0 aromatic carbocycles. The van der Waals surface area contributed by atoms with Crippen LogP contribution in [0.3, 0.4) is 0 Å². The molecule has 0 saturated carbocycles. The van der Waals surface area contributed by atoms with E-state index < -0.39 is 0 Å². The zero-order valence-electron chi connectivity index (χ0n) is 6.57. The van der Waals surface area contributed by atoms with Crippen molar-refractivity contribution in [1.82, 2.24) is 4.98 Å². The zero-order valence-corrected chi connectivity index (χ0v) is 7.39. The van der Waals surface area contributed by atoms with Crippen molar-refractivity contribution in [3.63, 3.8) is 0 Å². The third-order valence-electron chi connectivity index (χ3n) is 1.65. The van der Waals surface area contributed by atoms with E-state index in [4.69, 9.17) is 10.5 Å². The molecule has 0 saturated heterocycles. The van der Waals surface area contributed by atoms with Gasteiger partial charge in [0.25, 0.3) is 0 Å². The number of thiophene rings is 1. The summed E-state index contributed by atoms with van der Waals surface area (Å²) in [7, 11) is 1.60. The van der Waals surface area contributed by atoms with E-state index in [1.54, 1.807) is 7.11 Å². The van der Waals surface area contributed by atoms with Crippen molar-refractivity contribution >= 4 is 27.2 Å². The molecule has 62 valence electrons. The molecular formula is C8H8N2OS. The van der Waals surface area contributed by atoms with Gasteiger partial charge in [-0.2, -0.15) is 0 Å². The van der Waals surface area contributed by atoms with Gasteiger partial charge in [-0.1, -0.05) is 0 Å². The Morgan fingerprint density at radius 1 is 1.50 bits per heavy atom. The number of nitrogen functional groups attached to an aromatic ring is 1. The molecule has 0 unspecified atom stereocenters. The molecule has 2 rings (SSSR count). The highest BCUT2D eigenvalue weighted by Gasteiger charge is 2.02. The monoisotopic (exact) mass is 180 g/mol. The molecule has 2 N–H and O–H groups in total. The van der Waals surface area contributed by atoms with Gasteiger partial charge in [-0.15, -0.1) is 11.3 Å². The summed E-state index contributed by atoms with van der Waals surface area (Å²) in [5.74, 6) is 0.629. The van der Waals surface area contributed by atoms with Gasteiger partial charge in [-0.25, -0.2) is 4.98 Å². The molecule has 2 aromatic heterocycles. The van der Waals surface area contributed by atoms with Crippen molar-refractivity contribution in [2.75, 3.05) is 12.8 Å². The molecule has 0 aliphatic carbocycles. The van der Waals surface area contributed by atoms with Gasteiger partial charge in [0, 0.05) is 16.8 Å². The van der Waals surface area contributed by atoms with Crippen LogP contribution in [-0.2, 0) is 0 Å². The summed E-state index contributed by atoms with van der Waals surface area (Å²) in [5.41, 5.74) is 6.48. The smallest absolute Gasteiger partial charge is 0.214 e. The third kappa shape index (κ3) is 1.00. The van der Waals surface area contributed by atoms with Gasteiger partial charge in [-0.3, -0.25) is 0 Å². The molecule has 0 atom stereocenters. The highest BCUT2D eigenvalue weighted by Crippen LogP contribution is 2.27. The molecule has 0 aliphatic rings. The van der Waals surface area contributed by atoms with Crippen LogP contribution < -0.4 is 10.5 Å². The summed E-state index contributed by atoms with van der Waals surface area (Å²) in [6.45, 7) is 0. The lowest BCUT2D eigenvalue weighted by Crippen LogP contribution is -1.86. The molecule has 3 nitrogen and oxygen atoms in total. The van der Waals surface area contributed by atoms with Crippen molar-refractivity contribution in [3.8, 4) is 5.88 Å². The van der Waals surface area contributed by atoms with E-state index in [2.05, 4.69) is 4.98 Å². The van der Waals surface area contributed by atoms with E-state index in [0.29, 0.717) is 5.88 Å². The van der Waals surface area contributed by atoms with Crippen molar-refractivity contribution < 1.29 is 4.74 Å². The van der Waals surface area contributed by atoms with Crippen LogP contribution in [0.2, 0.25) is 0 Å². The number of hydrogen-bond donors (Lipinski definition) is 1. The highest BCUT2D eigenvalue weighted by atomic mass is 32.1. The fourth-order valence-corrected chi connectivity index (χ4v) is 1.85. The quantitative estimate of drug-likeness (QED) is 0.729. The molecule has 0 fully saturated rings. The second-order valence-electron chi connectivity index (χ2n) is 2.40. The minimum absolute atomic E-state index is 0.629. The summed E-state index contributed by atoms with van der Waals surface area (Å²) in [5, 5.41) is 2.89. The molecule has 0 radical (unpaired) electrons. The second kappa shape index (κ2) is 2.64. The predicted molar refractivity (Wildman–Crippen MR) is 50.6 cm³/mol. The van der Waals surface area contributed by atoms with Crippen LogP contribution in [0.25, 0.3) is 10.2 Å². The van der Waals surface area contributed by atoms with Crippen molar-refractivity contribution in [2.45, 2.75) is 0 Å². The SMILES string of the molecule is COc1ccc2c(N)csc2n1. The number of pyridine rings is 1. The Hall–Kier alpha value is -1.29. The summed E-state index contributed by atoms with van der Waals surface area (Å²) in [6.07, 6.45) is 0. The van der Waals surface area contributed by atoms with Crippen LogP contribution in [0.4, 0.5) is 5.69 Å². The summed E-state index contributed by atoms with van der Waals surface area (Å²) < 4.78 is 4.99. The largest absolute Gasteiger partial charge is 0.481 e. The van der Waals surface area contributed by atoms with Gasteiger partial charge >= 0.3 is 0 Å². The fourth-order valence-electron chi connectivity index (χ4n) is 1.03. The number of aromatic nitrogens is 1. The van der Waals surface area contributed by atoms with E-state index in [0.717, 1.165) is 15.9 Å². The molecular weight excluding hydrogens is 172 g/mol. The molecule has 4 heteroatoms. The molecule has 0 aliphatic heterocycles. The Morgan fingerprint density at radius 2 is 2.33 bits per heavy atom. The number of anilines is 1. The molecule has 0 bridgehead atoms. The van der Waals surface area contributed by atoms with Crippen molar-refractivity contribution in [3.05, 3.63) is 17.5 Å². The maximum atomic E-state index is 5.70. The minimum atomic E-state index is 0.629. The lowest BCUT2D eigenvalue weighted by molar-refractivity contribution is 0.400. The van der Waals surface area contributed by atoms with Gasteiger partial charge in [-0.05, 0) is 6.07 Å². The number of hydrogen-bond acceptors (Lipinski definition) is 4. The number of ether oxygens (including phenoxy) is 1. The molecule has 0 amide bonds. The van der Waals surface area contributed by atoms with E-state index in [-0.39, 0.29) is 0 Å². The highest BCUT2D eigenvalue weighted by molar-refractivity contribution is 7.17. The Bertz CT molecular complexity index is 410. The number of nitrogens with two attached hydrogens (primary N) is 1. The van der Waals surface area contributed by atoms with Crippen molar-refractivity contribution in [1.29, 1.82) is 0 Å². The maximum Gasteiger partial charge on any atom is 0.214 e. The Balaban J connectivity index is 2.69. The van der Waals surface area contributed by atoms with Gasteiger partial charge in [0.15, 0.2) is 0 Å². The first-order chi connectivity index (χ1) is 5.81. The zero-order chi connectivity index (χ0) is 8.55. The van der Waals surface area contributed by atoms with Crippen LogP contribution in [0.1, 0.15) is 0 Å². The molecule has 0 spiro atoms. The summed E-state index contributed by atoms with van der Waals surface area (Å²) >= 11 is 1.53. The normalized spacial score (nSPS) is 10.4. The second-order valence-corrected chi connectivity index (χ2v) is 3.26. The summed E-state index contributed by atoms with van der Waals surface area (Å²) in [4.78, 5) is 5.15. The van der Waals surface area contributed by atoms with Crippen molar-refractivity contribution in [2.24, 2.45) is 0 Å². The van der Waals surface area contributed by atoms with Gasteiger partial charge in [0.2, 0.25) is 5.88 Å². The number of nitrogens with zero attached hydrogens (tertiary/aromatic N) is 1. The molecule has 12 heavy (non-hydrogen) atoms. The Kier molecular flexibility index (Phi) is 1.62. The van der Waals surface area contributed by atoms with Gasteiger partial charge in [0.1, 0.15) is 4.83 Å². The first-order valence-corrected chi connectivity index (χ1v) is 4.37. The van der Waals surface area contributed by atoms with Gasteiger partial charge in [0.05, 0.1) is 12.8 Å².